The number of aromatic nitrogens is 4. The van der Waals surface area contributed by atoms with Crippen LogP contribution < -0.4 is 10.6 Å². The van der Waals surface area contributed by atoms with Gasteiger partial charge in [0.25, 0.3) is 0 Å². The van der Waals surface area contributed by atoms with Gasteiger partial charge in [0.15, 0.2) is 5.69 Å². The van der Waals surface area contributed by atoms with E-state index < -0.39 is 42.0 Å². The van der Waals surface area contributed by atoms with E-state index in [1.54, 1.807) is 51.4 Å². The predicted molar refractivity (Wildman–Crippen MR) is 183 cm³/mol. The molecule has 0 aliphatic heterocycles. The van der Waals surface area contributed by atoms with Crippen LogP contribution in [0.3, 0.4) is 0 Å². The number of hydrogen-bond acceptors (Lipinski definition) is 7. The molecule has 51 heavy (non-hydrogen) atoms. The second kappa shape index (κ2) is 16.4. The summed E-state index contributed by atoms with van der Waals surface area (Å²) in [5.41, 5.74) is 2.09. The number of hydrogen-bond donors (Lipinski definition) is 4. The predicted octanol–water partition coefficient (Wildman–Crippen LogP) is 5.29. The molecule has 13 nitrogen and oxygen atoms in total. The summed E-state index contributed by atoms with van der Waals surface area (Å²) in [6, 6.07) is 12.0. The van der Waals surface area contributed by atoms with E-state index in [-0.39, 0.29) is 36.1 Å². The first-order chi connectivity index (χ1) is 24.2. The highest BCUT2D eigenvalue weighted by Gasteiger charge is 2.38. The maximum absolute atomic E-state index is 14.1. The lowest BCUT2D eigenvalue weighted by Gasteiger charge is -2.26. The van der Waals surface area contributed by atoms with Gasteiger partial charge in [0, 0.05) is 19.2 Å². The van der Waals surface area contributed by atoms with Crippen molar-refractivity contribution in [2.45, 2.75) is 65.0 Å². The van der Waals surface area contributed by atoms with Crippen molar-refractivity contribution in [2.24, 2.45) is 0 Å². The molecule has 0 saturated carbocycles. The first kappa shape index (κ1) is 38.1. The van der Waals surface area contributed by atoms with E-state index in [1.165, 1.54) is 23.8 Å². The molecule has 0 bridgehead atoms. The van der Waals surface area contributed by atoms with E-state index in [1.807, 2.05) is 31.2 Å². The third kappa shape index (κ3) is 9.12. The molecular weight excluding hydrogens is 669 g/mol. The number of amides is 4. The number of halogens is 3. The molecule has 0 fully saturated rings. The maximum Gasteiger partial charge on any atom is 0.435 e. The molecular formula is C35H41F3N8O5. The lowest BCUT2D eigenvalue weighted by atomic mass is 10.0. The molecule has 4 amide bonds. The summed E-state index contributed by atoms with van der Waals surface area (Å²) in [4.78, 5) is 65.0. The van der Waals surface area contributed by atoms with Crippen molar-refractivity contribution in [1.82, 2.24) is 40.4 Å². The van der Waals surface area contributed by atoms with Gasteiger partial charge in [-0.2, -0.15) is 13.2 Å². The number of ether oxygens (including phenoxy) is 1. The molecule has 4 aromatic rings. The van der Waals surface area contributed by atoms with Gasteiger partial charge in [0.1, 0.15) is 23.7 Å². The number of rotatable bonds is 14. The molecule has 0 radical (unpaired) electrons. The van der Waals surface area contributed by atoms with Gasteiger partial charge in [-0.05, 0) is 43.9 Å². The number of likely N-dealkylation sites (N-methyl/N-ethyl adjacent to an activating group) is 1. The van der Waals surface area contributed by atoms with Crippen LogP contribution in [0.5, 0.6) is 0 Å². The zero-order chi connectivity index (χ0) is 37.5. The summed E-state index contributed by atoms with van der Waals surface area (Å²) < 4.78 is 46.8. The third-order valence-corrected chi connectivity index (χ3v) is 8.37. The molecule has 0 aliphatic rings. The number of methoxy groups -OCH3 is 1. The fraction of sp³-hybridized carbons (Fsp3) is 0.371. The minimum absolute atomic E-state index is 0.0307. The van der Waals surface area contributed by atoms with Crippen LogP contribution in [-0.2, 0) is 31.8 Å². The number of H-pyrrole nitrogens is 2. The molecule has 0 spiro atoms. The standard InChI is InChI=1S/C35H41F3N8O5/c1-7-16-46(33(49)20(2)40-19-47)18-28-43-29(30(44-28)35(36,37)38)26-14-10-24(11-15-26)23-8-12-25(13-9-23)27-17-39-31(42-27)22(4)45(5)32(48)21(3)41-34(50)51-6/h8-15,17,19-22H,7,16,18H2,1-6H3,(H,39,42)(H,40,47)(H,41,50)(H,43,44)/t20-,21-,22-/m0/s1. The van der Waals surface area contributed by atoms with E-state index in [0.29, 0.717) is 24.3 Å². The average Bonchev–Trinajstić information content (AvgIpc) is 3.79. The second-order valence-electron chi connectivity index (χ2n) is 12.0. The van der Waals surface area contributed by atoms with Crippen LogP contribution in [-0.4, -0.2) is 86.8 Å². The van der Waals surface area contributed by atoms with E-state index >= 15 is 0 Å². The highest BCUT2D eigenvalue weighted by molar-refractivity contribution is 5.85. The van der Waals surface area contributed by atoms with E-state index in [0.717, 1.165) is 16.7 Å². The van der Waals surface area contributed by atoms with Gasteiger partial charge in [-0.3, -0.25) is 14.4 Å². The molecule has 4 rings (SSSR count). The number of carbonyl (C=O) groups excluding carboxylic acids is 4. The summed E-state index contributed by atoms with van der Waals surface area (Å²) in [6.45, 7) is 6.77. The first-order valence-electron chi connectivity index (χ1n) is 16.2. The molecule has 3 atom stereocenters. The number of aromatic amines is 2. The molecule has 272 valence electrons. The van der Waals surface area contributed by atoms with Crippen LogP contribution in [0.25, 0.3) is 33.6 Å². The Morgan fingerprint density at radius 1 is 0.922 bits per heavy atom. The summed E-state index contributed by atoms with van der Waals surface area (Å²) >= 11 is 0. The second-order valence-corrected chi connectivity index (χ2v) is 12.0. The Bertz CT molecular complexity index is 1820. The fourth-order valence-electron chi connectivity index (χ4n) is 5.42. The van der Waals surface area contributed by atoms with Crippen molar-refractivity contribution in [2.75, 3.05) is 20.7 Å². The largest absolute Gasteiger partial charge is 0.453 e. The van der Waals surface area contributed by atoms with Crippen molar-refractivity contribution in [3.63, 3.8) is 0 Å². The number of benzene rings is 2. The first-order valence-corrected chi connectivity index (χ1v) is 16.2. The van der Waals surface area contributed by atoms with Crippen molar-refractivity contribution in [1.29, 1.82) is 0 Å². The van der Waals surface area contributed by atoms with E-state index in [2.05, 4.69) is 35.3 Å². The lowest BCUT2D eigenvalue weighted by Crippen LogP contribution is -2.46. The fourth-order valence-corrected chi connectivity index (χ4v) is 5.42. The quantitative estimate of drug-likeness (QED) is 0.129. The third-order valence-electron chi connectivity index (χ3n) is 8.37. The number of nitrogens with zero attached hydrogens (tertiary/aromatic N) is 4. The van der Waals surface area contributed by atoms with Crippen molar-refractivity contribution in [3.8, 4) is 33.6 Å². The number of nitrogens with one attached hydrogen (secondary N) is 4. The Kier molecular flexibility index (Phi) is 12.2. The van der Waals surface area contributed by atoms with Crippen LogP contribution >= 0.6 is 0 Å². The van der Waals surface area contributed by atoms with Gasteiger partial charge < -0.3 is 35.1 Å². The van der Waals surface area contributed by atoms with E-state index in [9.17, 15) is 32.3 Å². The molecule has 2 aromatic heterocycles. The number of carbonyl (C=O) groups is 4. The Hall–Kier alpha value is -5.67. The maximum atomic E-state index is 14.1. The minimum atomic E-state index is -4.75. The number of alkyl carbamates (subject to hydrolysis) is 1. The number of imidazole rings is 2. The highest BCUT2D eigenvalue weighted by Crippen LogP contribution is 2.36. The van der Waals surface area contributed by atoms with E-state index in [4.69, 9.17) is 0 Å². The van der Waals surface area contributed by atoms with Gasteiger partial charge in [-0.15, -0.1) is 0 Å². The normalized spacial score (nSPS) is 13.1. The molecule has 0 aliphatic carbocycles. The SMILES string of the molecule is CCCN(Cc1nc(C(F)(F)F)c(-c2ccc(-c3ccc(-c4cnc([C@H](C)N(C)C(=O)[C@H](C)NC(=O)OC)[nH]4)cc3)cc2)[nH]1)C(=O)[C@H](C)NC=O. The van der Waals surface area contributed by atoms with Crippen LogP contribution in [0.15, 0.2) is 54.7 Å². The van der Waals surface area contributed by atoms with Crippen LogP contribution in [0.4, 0.5) is 18.0 Å². The molecule has 0 saturated heterocycles. The number of alkyl halides is 3. The lowest BCUT2D eigenvalue weighted by molar-refractivity contribution is -0.140. The zero-order valence-corrected chi connectivity index (χ0v) is 29.1. The van der Waals surface area contributed by atoms with Crippen LogP contribution in [0.1, 0.15) is 57.5 Å². The molecule has 2 aromatic carbocycles. The molecule has 0 unspecified atom stereocenters. The summed E-state index contributed by atoms with van der Waals surface area (Å²) in [5, 5.41) is 4.83. The Morgan fingerprint density at radius 2 is 1.51 bits per heavy atom. The van der Waals surface area contributed by atoms with Crippen LogP contribution in [0, 0.1) is 0 Å². The minimum Gasteiger partial charge on any atom is -0.453 e. The van der Waals surface area contributed by atoms with Crippen LogP contribution in [0.2, 0.25) is 0 Å². The topological polar surface area (TPSA) is 165 Å². The summed E-state index contributed by atoms with van der Waals surface area (Å²) in [7, 11) is 2.83. The average molecular weight is 711 g/mol. The van der Waals surface area contributed by atoms with Crippen molar-refractivity contribution >= 4 is 24.3 Å². The van der Waals surface area contributed by atoms with Gasteiger partial charge >= 0.3 is 12.3 Å². The van der Waals surface area contributed by atoms with Crippen molar-refractivity contribution in [3.05, 3.63) is 72.1 Å². The monoisotopic (exact) mass is 710 g/mol. The van der Waals surface area contributed by atoms with Gasteiger partial charge in [0.2, 0.25) is 18.2 Å². The molecule has 2 heterocycles. The summed E-state index contributed by atoms with van der Waals surface area (Å²) in [6.07, 6.45) is -2.85. The van der Waals surface area contributed by atoms with Crippen molar-refractivity contribution < 1.29 is 37.1 Å². The highest BCUT2D eigenvalue weighted by atomic mass is 19.4. The van der Waals surface area contributed by atoms with Gasteiger partial charge in [0.05, 0.1) is 37.3 Å². The Morgan fingerprint density at radius 3 is 2.06 bits per heavy atom. The van der Waals surface area contributed by atoms with Gasteiger partial charge in [-0.1, -0.05) is 55.5 Å². The molecule has 4 N–H and O–H groups in total. The van der Waals surface area contributed by atoms with Gasteiger partial charge in [-0.25, -0.2) is 14.8 Å². The Balaban J connectivity index is 1.50. The Labute approximate surface area is 293 Å². The smallest absolute Gasteiger partial charge is 0.435 e. The molecule has 16 heteroatoms. The summed E-state index contributed by atoms with van der Waals surface area (Å²) in [5.74, 6) is -0.250. The zero-order valence-electron chi connectivity index (χ0n) is 29.1.